The van der Waals surface area contributed by atoms with Crippen LogP contribution >= 0.6 is 20.7 Å². The molecule has 0 nitrogen and oxygen atoms in total. The van der Waals surface area contributed by atoms with E-state index in [9.17, 15) is 0 Å². The van der Waals surface area contributed by atoms with Crippen molar-refractivity contribution in [2.75, 3.05) is 0 Å². The third-order valence-corrected chi connectivity index (χ3v) is 5.17. The van der Waals surface area contributed by atoms with Crippen molar-refractivity contribution in [2.24, 2.45) is 0 Å². The highest BCUT2D eigenvalue weighted by molar-refractivity contribution is 7.71. The normalized spacial score (nSPS) is 11.8. The molecule has 0 N–H and O–H groups in total. The Labute approximate surface area is 100 Å². The molecule has 0 amide bonds. The van der Waals surface area contributed by atoms with Gasteiger partial charge in [0.05, 0.1) is 0 Å². The summed E-state index contributed by atoms with van der Waals surface area (Å²) in [6.45, 7) is 0. The highest BCUT2D eigenvalue weighted by Crippen LogP contribution is 2.37. The van der Waals surface area contributed by atoms with Crippen molar-refractivity contribution in [3.8, 4) is 0 Å². The lowest BCUT2D eigenvalue weighted by Gasteiger charge is -2.08. The lowest BCUT2D eigenvalue weighted by Crippen LogP contribution is -1.80. The predicted octanol–water partition coefficient (Wildman–Crippen LogP) is 5.27. The minimum atomic E-state index is 1.35. The van der Waals surface area contributed by atoms with Crippen molar-refractivity contribution >= 4 is 52.3 Å². The van der Waals surface area contributed by atoms with Crippen molar-refractivity contribution in [2.45, 2.75) is 0 Å². The second-order valence-electron chi connectivity index (χ2n) is 3.97. The van der Waals surface area contributed by atoms with Crippen LogP contribution in [0.4, 0.5) is 0 Å². The van der Waals surface area contributed by atoms with Gasteiger partial charge >= 0.3 is 0 Å². The van der Waals surface area contributed by atoms with Crippen molar-refractivity contribution in [1.82, 2.24) is 0 Å². The molecule has 0 fully saturated rings. The summed E-state index contributed by atoms with van der Waals surface area (Å²) in [7, 11) is 3.67. The van der Waals surface area contributed by atoms with Crippen LogP contribution in [0, 0.1) is 0 Å². The maximum atomic E-state index is 2.25. The van der Waals surface area contributed by atoms with E-state index in [1.165, 1.54) is 31.6 Å². The quantitative estimate of drug-likeness (QED) is 0.290. The zero-order valence-corrected chi connectivity index (χ0v) is 10.1. The molecule has 0 bridgehead atoms. The molecule has 76 valence electrons. The van der Waals surface area contributed by atoms with Gasteiger partial charge in [0.15, 0.2) is 0 Å². The fourth-order valence-corrected chi connectivity index (χ4v) is 4.43. The van der Waals surface area contributed by atoms with Crippen molar-refractivity contribution in [1.29, 1.82) is 0 Å². The smallest absolute Gasteiger partial charge is 0.0462 e. The molecule has 0 aliphatic carbocycles. The highest BCUT2D eigenvalue weighted by atomic mass is 32.9. The van der Waals surface area contributed by atoms with Gasteiger partial charge in [-0.15, -0.1) is 0 Å². The van der Waals surface area contributed by atoms with Crippen molar-refractivity contribution < 1.29 is 0 Å². The summed E-state index contributed by atoms with van der Waals surface area (Å²) in [5.74, 6) is 0. The SMILES string of the molecule is c1cc2ccc3cssc4ccc(c1)c2c34. The van der Waals surface area contributed by atoms with Gasteiger partial charge in [0.2, 0.25) is 0 Å². The molecule has 0 saturated heterocycles. The summed E-state index contributed by atoms with van der Waals surface area (Å²) in [6, 6.07) is 15.5. The minimum Gasteiger partial charge on any atom is -0.0875 e. The number of rotatable bonds is 0. The van der Waals surface area contributed by atoms with E-state index in [1.54, 1.807) is 0 Å². The van der Waals surface area contributed by atoms with Gasteiger partial charge < -0.3 is 0 Å². The molecule has 4 rings (SSSR count). The average molecular weight is 240 g/mol. The van der Waals surface area contributed by atoms with E-state index >= 15 is 0 Å². The van der Waals surface area contributed by atoms with E-state index in [2.05, 4.69) is 47.8 Å². The van der Waals surface area contributed by atoms with Gasteiger partial charge in [-0.3, -0.25) is 0 Å². The van der Waals surface area contributed by atoms with Crippen LogP contribution in [0.2, 0.25) is 0 Å². The molecule has 16 heavy (non-hydrogen) atoms. The molecule has 0 spiro atoms. The van der Waals surface area contributed by atoms with E-state index in [0.717, 1.165) is 0 Å². The molecule has 2 heteroatoms. The molecular weight excluding hydrogens is 232 g/mol. The summed E-state index contributed by atoms with van der Waals surface area (Å²) >= 11 is 0. The van der Waals surface area contributed by atoms with E-state index in [-0.39, 0.29) is 0 Å². The first-order valence-corrected chi connectivity index (χ1v) is 7.42. The molecule has 0 aliphatic rings. The van der Waals surface area contributed by atoms with Crippen LogP contribution in [0.15, 0.2) is 47.8 Å². The van der Waals surface area contributed by atoms with Gasteiger partial charge in [-0.05, 0) is 27.6 Å². The van der Waals surface area contributed by atoms with Gasteiger partial charge in [-0.2, -0.15) is 0 Å². The maximum Gasteiger partial charge on any atom is 0.0462 e. The van der Waals surface area contributed by atoms with E-state index in [1.807, 2.05) is 20.7 Å². The van der Waals surface area contributed by atoms with E-state index in [4.69, 9.17) is 0 Å². The number of hydrogen-bond donors (Lipinski definition) is 0. The van der Waals surface area contributed by atoms with Crippen molar-refractivity contribution in [3.63, 3.8) is 0 Å². The lowest BCUT2D eigenvalue weighted by molar-refractivity contribution is 1.83. The number of hydrogen-bond acceptors (Lipinski definition) is 2. The monoisotopic (exact) mass is 240 g/mol. The van der Waals surface area contributed by atoms with Gasteiger partial charge in [-0.1, -0.05) is 57.1 Å². The summed E-state index contributed by atoms with van der Waals surface area (Å²) < 4.78 is 1.40. The van der Waals surface area contributed by atoms with Gasteiger partial charge in [0.1, 0.15) is 0 Å². The van der Waals surface area contributed by atoms with Crippen molar-refractivity contribution in [3.05, 3.63) is 47.8 Å². The standard InChI is InChI=1S/C14H8S2/c1-2-9-4-5-11-8-15-16-12-7-6-10(3-1)13(9)14(11)12/h1-8H. The van der Waals surface area contributed by atoms with Crippen LogP contribution in [0.5, 0.6) is 0 Å². The third-order valence-electron chi connectivity index (χ3n) is 3.08. The third kappa shape index (κ3) is 1.03. The highest BCUT2D eigenvalue weighted by Gasteiger charge is 2.06. The fraction of sp³-hybridized carbons (Fsp3) is 0. The molecule has 0 unspecified atom stereocenters. The average Bonchev–Trinajstić information content (AvgIpc) is 2.36. The molecule has 3 aromatic carbocycles. The minimum absolute atomic E-state index is 1.35. The van der Waals surface area contributed by atoms with Crippen LogP contribution in [-0.2, 0) is 0 Å². The van der Waals surface area contributed by atoms with E-state index in [0.29, 0.717) is 0 Å². The number of benzene rings is 3. The summed E-state index contributed by atoms with van der Waals surface area (Å²) in [6.07, 6.45) is 0. The molecule has 0 radical (unpaired) electrons. The zero-order chi connectivity index (χ0) is 10.5. The van der Waals surface area contributed by atoms with Gasteiger partial charge in [0, 0.05) is 15.5 Å². The Morgan fingerprint density at radius 1 is 0.688 bits per heavy atom. The maximum absolute atomic E-state index is 2.25. The molecule has 0 atom stereocenters. The van der Waals surface area contributed by atoms with Gasteiger partial charge in [-0.25, -0.2) is 0 Å². The van der Waals surface area contributed by atoms with Crippen LogP contribution < -0.4 is 0 Å². The molecule has 1 heterocycles. The first-order chi connectivity index (χ1) is 7.93. The largest absolute Gasteiger partial charge is 0.0875 e. The van der Waals surface area contributed by atoms with Crippen LogP contribution in [-0.4, -0.2) is 0 Å². The Morgan fingerprint density at radius 3 is 2.31 bits per heavy atom. The zero-order valence-electron chi connectivity index (χ0n) is 8.44. The predicted molar refractivity (Wildman–Crippen MR) is 74.7 cm³/mol. The molecule has 4 aromatic rings. The Morgan fingerprint density at radius 2 is 1.44 bits per heavy atom. The first kappa shape index (κ1) is 8.74. The Hall–Kier alpha value is -1.38. The van der Waals surface area contributed by atoms with E-state index < -0.39 is 0 Å². The summed E-state index contributed by atoms with van der Waals surface area (Å²) in [5.41, 5.74) is 0. The fourth-order valence-electron chi connectivity index (χ4n) is 2.37. The van der Waals surface area contributed by atoms with Crippen LogP contribution in [0.1, 0.15) is 0 Å². The second-order valence-corrected chi connectivity index (χ2v) is 6.08. The Balaban J connectivity index is 2.51. The lowest BCUT2D eigenvalue weighted by atomic mass is 9.99. The molecular formula is C14H8S2. The second kappa shape index (κ2) is 3.06. The Kier molecular flexibility index (Phi) is 1.67. The van der Waals surface area contributed by atoms with Gasteiger partial charge in [0.25, 0.3) is 0 Å². The van der Waals surface area contributed by atoms with Crippen LogP contribution in [0.3, 0.4) is 0 Å². The molecule has 0 saturated carbocycles. The first-order valence-electron chi connectivity index (χ1n) is 5.21. The molecule has 1 aromatic heterocycles. The van der Waals surface area contributed by atoms with Crippen LogP contribution in [0.25, 0.3) is 31.6 Å². The Bertz CT molecular complexity index is 675. The summed E-state index contributed by atoms with van der Waals surface area (Å²) in [5, 5.41) is 9.15. The topological polar surface area (TPSA) is 0 Å². The summed E-state index contributed by atoms with van der Waals surface area (Å²) in [4.78, 5) is 0. The molecule has 0 aliphatic heterocycles.